The zero-order valence-corrected chi connectivity index (χ0v) is 14.1. The van der Waals surface area contributed by atoms with E-state index in [4.69, 9.17) is 8.83 Å². The lowest BCUT2D eigenvalue weighted by molar-refractivity contribution is -0.384. The lowest BCUT2D eigenvalue weighted by Crippen LogP contribution is -2.26. The number of amides is 1. The summed E-state index contributed by atoms with van der Waals surface area (Å²) in [5.41, 5.74) is 0.482. The van der Waals surface area contributed by atoms with Gasteiger partial charge < -0.3 is 13.7 Å². The van der Waals surface area contributed by atoms with Crippen molar-refractivity contribution in [2.24, 2.45) is 0 Å². The van der Waals surface area contributed by atoms with Crippen molar-refractivity contribution in [3.63, 3.8) is 0 Å². The number of aryl methyl sites for hydroxylation is 1. The average Bonchev–Trinajstić information content (AvgIpc) is 3.21. The van der Waals surface area contributed by atoms with Crippen LogP contribution in [0, 0.1) is 10.1 Å². The van der Waals surface area contributed by atoms with Gasteiger partial charge in [-0.2, -0.15) is 0 Å². The van der Waals surface area contributed by atoms with Crippen LogP contribution in [0.2, 0.25) is 0 Å². The molecule has 0 fully saturated rings. The highest BCUT2D eigenvalue weighted by Crippen LogP contribution is 2.20. The van der Waals surface area contributed by atoms with Crippen molar-refractivity contribution < 1.29 is 18.6 Å². The number of benzene rings is 1. The molecule has 2 heterocycles. The number of nitrogens with zero attached hydrogens (tertiary/aromatic N) is 3. The van der Waals surface area contributed by atoms with Crippen molar-refractivity contribution in [3.05, 3.63) is 63.0 Å². The number of nitro groups is 1. The highest BCUT2D eigenvalue weighted by molar-refractivity contribution is 5.76. The minimum atomic E-state index is -0.600. The third kappa shape index (κ3) is 3.66. The van der Waals surface area contributed by atoms with Crippen molar-refractivity contribution in [1.82, 2.24) is 9.47 Å². The molecule has 0 aliphatic heterocycles. The largest absolute Gasteiger partial charge is 0.467 e. The maximum Gasteiger partial charge on any atom is 0.419 e. The molecule has 0 aliphatic carbocycles. The van der Waals surface area contributed by atoms with Crippen molar-refractivity contribution in [1.29, 1.82) is 0 Å². The molecule has 0 saturated heterocycles. The van der Waals surface area contributed by atoms with Crippen LogP contribution in [0.15, 0.2) is 50.2 Å². The molecule has 0 spiro atoms. The number of non-ortho nitro benzene ring substituents is 1. The fourth-order valence-corrected chi connectivity index (χ4v) is 2.68. The van der Waals surface area contributed by atoms with Gasteiger partial charge in [-0.3, -0.25) is 19.5 Å². The van der Waals surface area contributed by atoms with E-state index in [1.165, 1.54) is 22.8 Å². The van der Waals surface area contributed by atoms with Crippen LogP contribution >= 0.6 is 0 Å². The zero-order chi connectivity index (χ0) is 18.7. The molecule has 0 radical (unpaired) electrons. The summed E-state index contributed by atoms with van der Waals surface area (Å²) < 4.78 is 11.6. The second-order valence-electron chi connectivity index (χ2n) is 5.86. The minimum Gasteiger partial charge on any atom is -0.467 e. The molecule has 0 bridgehead atoms. The second kappa shape index (κ2) is 7.26. The molecule has 0 aliphatic rings. The SMILES string of the molecule is CN(Cc1ccco1)C(=O)CCCn1c(=O)oc2cc([N+](=O)[O-])ccc21. The molecule has 26 heavy (non-hydrogen) atoms. The van der Waals surface area contributed by atoms with Gasteiger partial charge in [-0.05, 0) is 24.6 Å². The Bertz CT molecular complexity index is 986. The second-order valence-corrected chi connectivity index (χ2v) is 5.86. The molecular weight excluding hydrogens is 342 g/mol. The number of carbonyl (C=O) groups is 1. The molecule has 0 unspecified atom stereocenters. The van der Waals surface area contributed by atoms with Gasteiger partial charge in [-0.25, -0.2) is 4.79 Å². The predicted molar refractivity (Wildman–Crippen MR) is 91.5 cm³/mol. The van der Waals surface area contributed by atoms with Crippen molar-refractivity contribution in [2.75, 3.05) is 7.05 Å². The first-order valence-electron chi connectivity index (χ1n) is 8.00. The lowest BCUT2D eigenvalue weighted by Gasteiger charge is -2.15. The van der Waals surface area contributed by atoms with Crippen LogP contribution in [-0.4, -0.2) is 27.3 Å². The zero-order valence-electron chi connectivity index (χ0n) is 14.1. The Labute approximate surface area is 147 Å². The summed E-state index contributed by atoms with van der Waals surface area (Å²) in [4.78, 5) is 35.9. The molecule has 0 atom stereocenters. The number of fused-ring (bicyclic) bond motifs is 1. The van der Waals surface area contributed by atoms with Crippen molar-refractivity contribution >= 4 is 22.7 Å². The summed E-state index contributed by atoms with van der Waals surface area (Å²) in [6.45, 7) is 0.661. The van der Waals surface area contributed by atoms with Gasteiger partial charge >= 0.3 is 5.76 Å². The molecule has 3 rings (SSSR count). The smallest absolute Gasteiger partial charge is 0.419 e. The number of aromatic nitrogens is 1. The van der Waals surface area contributed by atoms with E-state index in [0.29, 0.717) is 24.2 Å². The van der Waals surface area contributed by atoms with E-state index in [2.05, 4.69) is 0 Å². The van der Waals surface area contributed by atoms with Crippen LogP contribution in [0.1, 0.15) is 18.6 Å². The summed E-state index contributed by atoms with van der Waals surface area (Å²) in [7, 11) is 1.68. The van der Waals surface area contributed by atoms with Crippen LogP contribution in [-0.2, 0) is 17.9 Å². The number of hydrogen-bond acceptors (Lipinski definition) is 6. The first-order valence-corrected chi connectivity index (χ1v) is 8.00. The molecule has 0 N–H and O–H groups in total. The van der Waals surface area contributed by atoms with E-state index >= 15 is 0 Å². The number of nitro benzene ring substituents is 1. The first-order chi connectivity index (χ1) is 12.5. The highest BCUT2D eigenvalue weighted by Gasteiger charge is 2.15. The van der Waals surface area contributed by atoms with Crippen LogP contribution in [0.25, 0.3) is 11.1 Å². The van der Waals surface area contributed by atoms with Crippen molar-refractivity contribution in [2.45, 2.75) is 25.9 Å². The maximum absolute atomic E-state index is 12.2. The summed E-state index contributed by atoms with van der Waals surface area (Å²) >= 11 is 0. The normalized spacial score (nSPS) is 11.0. The molecular formula is C17H17N3O6. The van der Waals surface area contributed by atoms with Crippen molar-refractivity contribution in [3.8, 4) is 0 Å². The summed E-state index contributed by atoms with van der Waals surface area (Å²) in [5, 5.41) is 10.8. The predicted octanol–water partition coefficient (Wildman–Crippen LogP) is 2.53. The number of oxazole rings is 1. The Morgan fingerprint density at radius 3 is 2.85 bits per heavy atom. The third-order valence-electron chi connectivity index (χ3n) is 4.03. The third-order valence-corrected chi connectivity index (χ3v) is 4.03. The number of carbonyl (C=O) groups excluding carboxylic acids is 1. The molecule has 9 heteroatoms. The molecule has 1 amide bonds. The van der Waals surface area contributed by atoms with Crippen LogP contribution < -0.4 is 5.76 Å². The van der Waals surface area contributed by atoms with E-state index < -0.39 is 10.7 Å². The maximum atomic E-state index is 12.2. The van der Waals surface area contributed by atoms with E-state index in [-0.39, 0.29) is 30.1 Å². The highest BCUT2D eigenvalue weighted by atomic mass is 16.6. The molecule has 3 aromatic rings. The van der Waals surface area contributed by atoms with Gasteiger partial charge in [0, 0.05) is 26.1 Å². The fraction of sp³-hybridized carbons (Fsp3) is 0.294. The number of furan rings is 1. The summed E-state index contributed by atoms with van der Waals surface area (Å²) in [6.07, 6.45) is 2.24. The monoisotopic (exact) mass is 359 g/mol. The Morgan fingerprint density at radius 2 is 2.15 bits per heavy atom. The molecule has 0 saturated carbocycles. The van der Waals surface area contributed by atoms with Gasteiger partial charge in [0.05, 0.1) is 29.3 Å². The average molecular weight is 359 g/mol. The standard InChI is InChI=1S/C17H17N3O6/c1-18(11-13-4-3-9-25-13)16(21)5-2-8-19-14-7-6-12(20(23)24)10-15(14)26-17(19)22/h3-4,6-7,9-10H,2,5,8,11H2,1H3. The number of hydrogen-bond donors (Lipinski definition) is 0. The quantitative estimate of drug-likeness (QED) is 0.473. The molecule has 9 nitrogen and oxygen atoms in total. The van der Waals surface area contributed by atoms with Gasteiger partial charge in [0.15, 0.2) is 5.58 Å². The van der Waals surface area contributed by atoms with Crippen LogP contribution in [0.5, 0.6) is 0 Å². The van der Waals surface area contributed by atoms with E-state index in [1.807, 2.05) is 0 Å². The Morgan fingerprint density at radius 1 is 1.35 bits per heavy atom. The van der Waals surface area contributed by atoms with Gasteiger partial charge in [-0.15, -0.1) is 0 Å². The van der Waals surface area contributed by atoms with E-state index in [1.54, 1.807) is 30.3 Å². The van der Waals surface area contributed by atoms with Gasteiger partial charge in [0.2, 0.25) is 5.91 Å². The molecule has 136 valence electrons. The Balaban J connectivity index is 1.62. The van der Waals surface area contributed by atoms with Crippen LogP contribution in [0.4, 0.5) is 5.69 Å². The van der Waals surface area contributed by atoms with E-state index in [0.717, 1.165) is 0 Å². The Kier molecular flexibility index (Phi) is 4.87. The van der Waals surface area contributed by atoms with Gasteiger partial charge in [0.25, 0.3) is 5.69 Å². The lowest BCUT2D eigenvalue weighted by atomic mass is 10.2. The summed E-state index contributed by atoms with van der Waals surface area (Å²) in [5.74, 6) is 0.0225. The van der Waals surface area contributed by atoms with E-state index in [9.17, 15) is 19.7 Å². The topological polar surface area (TPSA) is 112 Å². The summed E-state index contributed by atoms with van der Waals surface area (Å²) in [6, 6.07) is 7.56. The molecule has 1 aromatic carbocycles. The number of rotatable bonds is 7. The van der Waals surface area contributed by atoms with Gasteiger partial charge in [-0.1, -0.05) is 0 Å². The molecule has 2 aromatic heterocycles. The first kappa shape index (κ1) is 17.5. The van der Waals surface area contributed by atoms with Gasteiger partial charge in [0.1, 0.15) is 5.76 Å². The fourth-order valence-electron chi connectivity index (χ4n) is 2.68. The Hall–Kier alpha value is -3.36. The van der Waals surface area contributed by atoms with Crippen LogP contribution in [0.3, 0.4) is 0 Å². The minimum absolute atomic E-state index is 0.0714.